The molecule has 4 rings (SSSR count). The smallest absolute Gasteiger partial charge is 0.322 e. The van der Waals surface area contributed by atoms with Gasteiger partial charge >= 0.3 is 6.03 Å². The maximum absolute atomic E-state index is 13.8. The Morgan fingerprint density at radius 3 is 2.53 bits per heavy atom. The Balaban J connectivity index is 1.71. The number of nitrogens with one attached hydrogen (secondary N) is 2. The van der Waals surface area contributed by atoms with Gasteiger partial charge in [-0.2, -0.15) is 0 Å². The summed E-state index contributed by atoms with van der Waals surface area (Å²) in [5, 5.41) is 6.13. The van der Waals surface area contributed by atoms with Gasteiger partial charge in [0.15, 0.2) is 0 Å². The van der Waals surface area contributed by atoms with Crippen molar-refractivity contribution in [1.82, 2.24) is 20.4 Å². The molecule has 1 saturated carbocycles. The molecule has 2 unspecified atom stereocenters. The molecule has 0 aromatic heterocycles. The molecule has 4 amide bonds. The van der Waals surface area contributed by atoms with Gasteiger partial charge in [0.1, 0.15) is 6.04 Å². The minimum Gasteiger partial charge on any atom is -0.352 e. The number of hydrogen-bond acceptors (Lipinski definition) is 3. The summed E-state index contributed by atoms with van der Waals surface area (Å²) in [5.74, 6) is 0.0207. The Kier molecular flexibility index (Phi) is 6.01. The van der Waals surface area contributed by atoms with Crippen LogP contribution in [0.25, 0.3) is 0 Å². The average molecular weight is 439 g/mol. The van der Waals surface area contributed by atoms with Gasteiger partial charge in [0.2, 0.25) is 5.91 Å². The van der Waals surface area contributed by atoms with Crippen LogP contribution >= 0.6 is 0 Å². The molecule has 2 heterocycles. The van der Waals surface area contributed by atoms with Gasteiger partial charge < -0.3 is 15.5 Å². The summed E-state index contributed by atoms with van der Waals surface area (Å²) in [4.78, 5) is 43.2. The van der Waals surface area contributed by atoms with Crippen LogP contribution in [0.5, 0.6) is 0 Å². The van der Waals surface area contributed by atoms with Crippen LogP contribution in [0.2, 0.25) is 0 Å². The second kappa shape index (κ2) is 8.60. The molecule has 172 valence electrons. The van der Waals surface area contributed by atoms with E-state index >= 15 is 0 Å². The van der Waals surface area contributed by atoms with E-state index in [1.54, 1.807) is 9.80 Å². The summed E-state index contributed by atoms with van der Waals surface area (Å²) >= 11 is 0. The Morgan fingerprint density at radius 1 is 1.22 bits per heavy atom. The van der Waals surface area contributed by atoms with Crippen molar-refractivity contribution < 1.29 is 14.4 Å². The number of carbonyl (C=O) groups excluding carboxylic acids is 3. The van der Waals surface area contributed by atoms with Gasteiger partial charge in [-0.1, -0.05) is 37.6 Å². The number of hydrogen-bond donors (Lipinski definition) is 2. The van der Waals surface area contributed by atoms with E-state index in [4.69, 9.17) is 0 Å². The van der Waals surface area contributed by atoms with Crippen molar-refractivity contribution in [2.45, 2.75) is 72.0 Å². The van der Waals surface area contributed by atoms with Crippen molar-refractivity contribution >= 4 is 17.8 Å². The quantitative estimate of drug-likeness (QED) is 0.686. The molecule has 7 nitrogen and oxygen atoms in total. The van der Waals surface area contributed by atoms with E-state index in [1.165, 1.54) is 0 Å². The highest BCUT2D eigenvalue weighted by Crippen LogP contribution is 2.38. The van der Waals surface area contributed by atoms with E-state index in [-0.39, 0.29) is 36.3 Å². The summed E-state index contributed by atoms with van der Waals surface area (Å²) in [6, 6.07) is 5.04. The molecule has 3 aliphatic rings. The number of rotatable bonds is 7. The van der Waals surface area contributed by atoms with Gasteiger partial charge in [0, 0.05) is 12.6 Å². The third-order valence-electron chi connectivity index (χ3n) is 6.60. The number of carbonyl (C=O) groups is 3. The molecular weight excluding hydrogens is 404 g/mol. The molecule has 2 atom stereocenters. The van der Waals surface area contributed by atoms with E-state index in [1.807, 2.05) is 32.9 Å². The Bertz CT molecular complexity index is 979. The number of benzene rings is 1. The lowest BCUT2D eigenvalue weighted by Gasteiger charge is -2.33. The molecule has 1 aliphatic carbocycles. The first-order chi connectivity index (χ1) is 15.2. The van der Waals surface area contributed by atoms with E-state index in [0.29, 0.717) is 18.5 Å². The summed E-state index contributed by atoms with van der Waals surface area (Å²) in [7, 11) is 0. The van der Waals surface area contributed by atoms with Gasteiger partial charge in [0.25, 0.3) is 5.91 Å². The number of likely N-dealkylation sites (N-methyl/N-ethyl adjacent to an activating group) is 1. The van der Waals surface area contributed by atoms with Crippen molar-refractivity contribution in [2.24, 2.45) is 5.92 Å². The van der Waals surface area contributed by atoms with Crippen molar-refractivity contribution in [1.29, 1.82) is 0 Å². The molecule has 0 radical (unpaired) electrons. The topological polar surface area (TPSA) is 81.8 Å². The van der Waals surface area contributed by atoms with Crippen LogP contribution < -0.4 is 10.6 Å². The molecule has 1 aromatic carbocycles. The minimum atomic E-state index is -0.540. The van der Waals surface area contributed by atoms with Crippen LogP contribution in [0.1, 0.15) is 62.8 Å². The fourth-order valence-corrected chi connectivity index (χ4v) is 4.83. The lowest BCUT2D eigenvalue weighted by atomic mass is 9.91. The lowest BCUT2D eigenvalue weighted by Crippen LogP contribution is -2.49. The van der Waals surface area contributed by atoms with E-state index in [0.717, 1.165) is 35.2 Å². The molecule has 1 fully saturated rings. The van der Waals surface area contributed by atoms with E-state index in [9.17, 15) is 14.4 Å². The maximum Gasteiger partial charge on any atom is 0.322 e. The fraction of sp³-hybridized carbons (Fsp3) is 0.560. The second-order valence-corrected chi connectivity index (χ2v) is 9.71. The number of nitrogens with zero attached hydrogens (tertiary/aromatic N) is 2. The normalized spacial score (nSPS) is 21.8. The number of aryl methyl sites for hydroxylation is 2. The Labute approximate surface area is 190 Å². The van der Waals surface area contributed by atoms with Crippen molar-refractivity contribution in [3.8, 4) is 0 Å². The van der Waals surface area contributed by atoms with Crippen molar-refractivity contribution in [3.05, 3.63) is 46.2 Å². The highest BCUT2D eigenvalue weighted by atomic mass is 16.2. The monoisotopic (exact) mass is 438 g/mol. The predicted octanol–water partition coefficient (Wildman–Crippen LogP) is 3.18. The molecule has 32 heavy (non-hydrogen) atoms. The van der Waals surface area contributed by atoms with E-state index < -0.39 is 12.1 Å². The first kappa shape index (κ1) is 22.4. The highest BCUT2D eigenvalue weighted by Gasteiger charge is 2.47. The maximum atomic E-state index is 13.8. The van der Waals surface area contributed by atoms with Gasteiger partial charge in [-0.15, -0.1) is 0 Å². The second-order valence-electron chi connectivity index (χ2n) is 9.71. The minimum absolute atomic E-state index is 0.0835. The van der Waals surface area contributed by atoms with Crippen LogP contribution in [0.4, 0.5) is 4.79 Å². The summed E-state index contributed by atoms with van der Waals surface area (Å²) in [6.07, 6.45) is 2.59. The lowest BCUT2D eigenvalue weighted by molar-refractivity contribution is -0.137. The molecule has 2 aliphatic heterocycles. The summed E-state index contributed by atoms with van der Waals surface area (Å²) in [5.41, 5.74) is 4.39. The molecule has 0 saturated heterocycles. The molecule has 7 heteroatoms. The van der Waals surface area contributed by atoms with Crippen LogP contribution in [0, 0.1) is 19.8 Å². The molecule has 0 spiro atoms. The zero-order valence-electron chi connectivity index (χ0n) is 19.7. The fourth-order valence-electron chi connectivity index (χ4n) is 4.83. The van der Waals surface area contributed by atoms with E-state index in [2.05, 4.69) is 30.5 Å². The SMILES string of the molecule is CCN1C(=O)NC(c2ccc(C)cc2C)C2=C1CN(C(CC(C)C)C(=O)NC1CC1)C2=O. The number of amides is 4. The predicted molar refractivity (Wildman–Crippen MR) is 123 cm³/mol. The van der Waals surface area contributed by atoms with Crippen LogP contribution in [-0.2, 0) is 9.59 Å². The molecule has 2 N–H and O–H groups in total. The van der Waals surface area contributed by atoms with Crippen LogP contribution in [0.15, 0.2) is 29.5 Å². The summed E-state index contributed by atoms with van der Waals surface area (Å²) in [6.45, 7) is 10.8. The third kappa shape index (κ3) is 4.12. The molecule has 1 aromatic rings. The molecule has 0 bridgehead atoms. The zero-order chi connectivity index (χ0) is 23.2. The summed E-state index contributed by atoms with van der Waals surface area (Å²) < 4.78 is 0. The Morgan fingerprint density at radius 2 is 1.94 bits per heavy atom. The molecular formula is C25H34N4O3. The first-order valence-electron chi connectivity index (χ1n) is 11.7. The van der Waals surface area contributed by atoms with Crippen LogP contribution in [0.3, 0.4) is 0 Å². The van der Waals surface area contributed by atoms with Gasteiger partial charge in [-0.05, 0) is 57.1 Å². The van der Waals surface area contributed by atoms with Gasteiger partial charge in [-0.25, -0.2) is 4.79 Å². The standard InChI is InChI=1S/C25H34N4O3/c1-6-28-20-13-29(19(11-14(2)3)23(30)26-17-8-9-17)24(31)21(20)22(27-25(28)32)18-10-7-15(4)12-16(18)5/h7,10,12,14,17,19,22H,6,8-9,11,13H2,1-5H3,(H,26,30)(H,27,32). The van der Waals surface area contributed by atoms with Crippen LogP contribution in [-0.4, -0.2) is 52.8 Å². The largest absolute Gasteiger partial charge is 0.352 e. The van der Waals surface area contributed by atoms with Crippen molar-refractivity contribution in [2.75, 3.05) is 13.1 Å². The third-order valence-corrected chi connectivity index (χ3v) is 6.60. The van der Waals surface area contributed by atoms with Crippen molar-refractivity contribution in [3.63, 3.8) is 0 Å². The highest BCUT2D eigenvalue weighted by molar-refractivity contribution is 6.03. The van der Waals surface area contributed by atoms with Gasteiger partial charge in [0.05, 0.1) is 23.9 Å². The first-order valence-corrected chi connectivity index (χ1v) is 11.7. The Hall–Kier alpha value is -2.83. The van der Waals surface area contributed by atoms with Gasteiger partial charge in [-0.3, -0.25) is 14.5 Å². The number of urea groups is 1. The average Bonchev–Trinajstić information content (AvgIpc) is 3.47. The zero-order valence-corrected chi connectivity index (χ0v) is 19.7.